The number of piperidine rings is 1. The molecule has 0 radical (unpaired) electrons. The van der Waals surface area contributed by atoms with Crippen molar-refractivity contribution >= 4 is 32.4 Å². The number of hydrogen-bond acceptors (Lipinski definition) is 5. The minimum atomic E-state index is -3.47. The number of carbonyl (C=O) groups is 1. The average Bonchev–Trinajstić information content (AvgIpc) is 3.16. The topological polar surface area (TPSA) is 79.4 Å². The summed E-state index contributed by atoms with van der Waals surface area (Å²) in [5.41, 5.74) is 1.55. The Labute approximate surface area is 171 Å². The molecule has 1 N–H and O–H groups in total. The maximum atomic E-state index is 12.9. The number of benzene rings is 1. The summed E-state index contributed by atoms with van der Waals surface area (Å²) < 4.78 is 27.5. The number of amides is 1. The summed E-state index contributed by atoms with van der Waals surface area (Å²) in [6.45, 7) is 6.40. The zero-order valence-corrected chi connectivity index (χ0v) is 18.1. The van der Waals surface area contributed by atoms with Gasteiger partial charge in [0, 0.05) is 29.4 Å². The van der Waals surface area contributed by atoms with Gasteiger partial charge in [0.05, 0.1) is 10.6 Å². The lowest BCUT2D eigenvalue weighted by Gasteiger charge is -2.32. The number of aromatic nitrogens is 1. The summed E-state index contributed by atoms with van der Waals surface area (Å²) in [6.07, 6.45) is 3.66. The van der Waals surface area contributed by atoms with E-state index in [4.69, 9.17) is 0 Å². The second kappa shape index (κ2) is 8.71. The molecule has 2 heterocycles. The van der Waals surface area contributed by atoms with Crippen LogP contribution in [0.4, 0.5) is 5.13 Å². The summed E-state index contributed by atoms with van der Waals surface area (Å²) in [7, 11) is -3.47. The molecule has 6 nitrogen and oxygen atoms in total. The summed E-state index contributed by atoms with van der Waals surface area (Å²) in [4.78, 5) is 16.8. The van der Waals surface area contributed by atoms with Crippen LogP contribution in [-0.2, 0) is 14.8 Å². The minimum Gasteiger partial charge on any atom is -0.302 e. The second-order valence-electron chi connectivity index (χ2n) is 7.32. The van der Waals surface area contributed by atoms with Crippen molar-refractivity contribution in [2.75, 3.05) is 11.9 Å². The van der Waals surface area contributed by atoms with Gasteiger partial charge in [0.25, 0.3) is 0 Å². The molecule has 152 valence electrons. The summed E-state index contributed by atoms with van der Waals surface area (Å²) in [6, 6.07) is 6.87. The number of nitrogens with one attached hydrogen (secondary N) is 1. The predicted octanol–water partition coefficient (Wildman–Crippen LogP) is 4.36. The van der Waals surface area contributed by atoms with E-state index in [2.05, 4.69) is 10.3 Å². The molecule has 2 unspecified atom stereocenters. The first-order chi connectivity index (χ1) is 13.3. The summed E-state index contributed by atoms with van der Waals surface area (Å²) in [5, 5.41) is 5.25. The quantitative estimate of drug-likeness (QED) is 0.752. The van der Waals surface area contributed by atoms with E-state index in [0.717, 1.165) is 36.9 Å². The van der Waals surface area contributed by atoms with E-state index < -0.39 is 10.0 Å². The lowest BCUT2D eigenvalue weighted by atomic mass is 10.1. The van der Waals surface area contributed by atoms with Gasteiger partial charge in [-0.2, -0.15) is 4.31 Å². The second-order valence-corrected chi connectivity index (χ2v) is 10.1. The highest BCUT2D eigenvalue weighted by Gasteiger charge is 2.30. The van der Waals surface area contributed by atoms with Crippen LogP contribution in [0.1, 0.15) is 46.5 Å². The SMILES string of the molecule is CCC(C)C(=O)Nc1nc(-c2ccc(S(=O)(=O)N3CCCCC3C)cc2)cs1. The Morgan fingerprint density at radius 3 is 2.68 bits per heavy atom. The van der Waals surface area contributed by atoms with Gasteiger partial charge in [-0.3, -0.25) is 4.79 Å². The van der Waals surface area contributed by atoms with Crippen LogP contribution in [0.2, 0.25) is 0 Å². The van der Waals surface area contributed by atoms with Crippen molar-refractivity contribution in [3.8, 4) is 11.3 Å². The van der Waals surface area contributed by atoms with Crippen molar-refractivity contribution in [1.82, 2.24) is 9.29 Å². The fourth-order valence-electron chi connectivity index (χ4n) is 3.24. The smallest absolute Gasteiger partial charge is 0.243 e. The fraction of sp³-hybridized carbons (Fsp3) is 0.500. The van der Waals surface area contributed by atoms with Crippen molar-refractivity contribution in [1.29, 1.82) is 0 Å². The molecule has 1 aromatic carbocycles. The Morgan fingerprint density at radius 2 is 2.04 bits per heavy atom. The largest absolute Gasteiger partial charge is 0.302 e. The average molecular weight is 422 g/mol. The number of carbonyl (C=O) groups excluding carboxylic acids is 1. The summed E-state index contributed by atoms with van der Waals surface area (Å²) >= 11 is 1.36. The normalized spacial score (nSPS) is 19.3. The molecule has 8 heteroatoms. The first-order valence-corrected chi connectivity index (χ1v) is 12.0. The molecule has 1 saturated heterocycles. The van der Waals surface area contributed by atoms with Gasteiger partial charge in [-0.1, -0.05) is 32.4 Å². The molecular formula is C20H27N3O3S2. The Kier molecular flexibility index (Phi) is 6.52. The first-order valence-electron chi connectivity index (χ1n) is 9.71. The molecule has 0 spiro atoms. The van der Waals surface area contributed by atoms with Gasteiger partial charge in [0.2, 0.25) is 15.9 Å². The van der Waals surface area contributed by atoms with E-state index >= 15 is 0 Å². The molecule has 2 aromatic rings. The predicted molar refractivity (Wildman–Crippen MR) is 113 cm³/mol. The molecule has 28 heavy (non-hydrogen) atoms. The lowest BCUT2D eigenvalue weighted by Crippen LogP contribution is -2.41. The van der Waals surface area contributed by atoms with Crippen molar-refractivity contribution in [3.05, 3.63) is 29.6 Å². The molecule has 1 aliphatic rings. The van der Waals surface area contributed by atoms with Crippen LogP contribution in [0.25, 0.3) is 11.3 Å². The van der Waals surface area contributed by atoms with Crippen LogP contribution < -0.4 is 5.32 Å². The number of anilines is 1. The molecule has 2 atom stereocenters. The van der Waals surface area contributed by atoms with E-state index in [0.29, 0.717) is 16.6 Å². The van der Waals surface area contributed by atoms with E-state index in [1.807, 2.05) is 26.2 Å². The van der Waals surface area contributed by atoms with Crippen LogP contribution in [0.5, 0.6) is 0 Å². The highest BCUT2D eigenvalue weighted by Crippen LogP contribution is 2.29. The number of sulfonamides is 1. The first kappa shape index (κ1) is 21.0. The molecule has 1 aliphatic heterocycles. The highest BCUT2D eigenvalue weighted by atomic mass is 32.2. The number of rotatable bonds is 6. The van der Waals surface area contributed by atoms with Gasteiger partial charge < -0.3 is 5.32 Å². The Morgan fingerprint density at radius 1 is 1.32 bits per heavy atom. The van der Waals surface area contributed by atoms with Crippen LogP contribution in [0.3, 0.4) is 0 Å². The van der Waals surface area contributed by atoms with Crippen LogP contribution in [-0.4, -0.2) is 36.2 Å². The Bertz CT molecular complexity index is 922. The zero-order chi connectivity index (χ0) is 20.3. The van der Waals surface area contributed by atoms with Gasteiger partial charge in [0.15, 0.2) is 5.13 Å². The van der Waals surface area contributed by atoms with Gasteiger partial charge in [0.1, 0.15) is 0 Å². The fourth-order valence-corrected chi connectivity index (χ4v) is 5.66. The van der Waals surface area contributed by atoms with E-state index in [1.165, 1.54) is 11.3 Å². The molecule has 3 rings (SSSR count). The van der Waals surface area contributed by atoms with E-state index in [1.54, 1.807) is 28.6 Å². The van der Waals surface area contributed by atoms with Crippen LogP contribution >= 0.6 is 11.3 Å². The third-order valence-electron chi connectivity index (χ3n) is 5.29. The molecule has 0 bridgehead atoms. The standard InChI is InChI=1S/C20H27N3O3S2/c1-4-14(2)19(24)22-20-21-18(13-27-20)16-8-10-17(11-9-16)28(25,26)23-12-6-5-7-15(23)3/h8-11,13-15H,4-7,12H2,1-3H3,(H,21,22,24). The third-order valence-corrected chi connectivity index (χ3v) is 8.08. The van der Waals surface area contributed by atoms with Crippen molar-refractivity contribution in [2.45, 2.75) is 57.4 Å². The molecule has 1 aromatic heterocycles. The van der Waals surface area contributed by atoms with Crippen molar-refractivity contribution < 1.29 is 13.2 Å². The van der Waals surface area contributed by atoms with Crippen LogP contribution in [0, 0.1) is 5.92 Å². The molecule has 0 saturated carbocycles. The Hall–Kier alpha value is -1.77. The monoisotopic (exact) mass is 421 g/mol. The molecule has 1 fully saturated rings. The third kappa shape index (κ3) is 4.45. The lowest BCUT2D eigenvalue weighted by molar-refractivity contribution is -0.119. The number of hydrogen-bond donors (Lipinski definition) is 1. The van der Waals surface area contributed by atoms with Gasteiger partial charge >= 0.3 is 0 Å². The van der Waals surface area contributed by atoms with Crippen LogP contribution in [0.15, 0.2) is 34.5 Å². The molecule has 0 aliphatic carbocycles. The number of nitrogens with zero attached hydrogens (tertiary/aromatic N) is 2. The summed E-state index contributed by atoms with van der Waals surface area (Å²) in [5.74, 6) is -0.102. The Balaban J connectivity index is 1.75. The maximum Gasteiger partial charge on any atom is 0.243 e. The number of thiazole rings is 1. The zero-order valence-electron chi connectivity index (χ0n) is 16.5. The van der Waals surface area contributed by atoms with Crippen molar-refractivity contribution in [3.63, 3.8) is 0 Å². The van der Waals surface area contributed by atoms with Gasteiger partial charge in [-0.15, -0.1) is 11.3 Å². The highest BCUT2D eigenvalue weighted by molar-refractivity contribution is 7.89. The molecule has 1 amide bonds. The van der Waals surface area contributed by atoms with E-state index in [9.17, 15) is 13.2 Å². The maximum absolute atomic E-state index is 12.9. The van der Waals surface area contributed by atoms with Gasteiger partial charge in [-0.25, -0.2) is 13.4 Å². The minimum absolute atomic E-state index is 0.0358. The van der Waals surface area contributed by atoms with Crippen molar-refractivity contribution in [2.24, 2.45) is 5.92 Å². The van der Waals surface area contributed by atoms with E-state index in [-0.39, 0.29) is 17.9 Å². The van der Waals surface area contributed by atoms with Gasteiger partial charge in [-0.05, 0) is 38.3 Å². The molecular weight excluding hydrogens is 394 g/mol.